The second-order valence-corrected chi connectivity index (χ2v) is 16.6. The molecule has 0 spiro atoms. The first-order valence-corrected chi connectivity index (χ1v) is 20.8. The molecule has 2 saturated carbocycles. The molecule has 0 aromatic carbocycles. The van der Waals surface area contributed by atoms with Crippen molar-refractivity contribution >= 4 is 23.7 Å². The summed E-state index contributed by atoms with van der Waals surface area (Å²) >= 11 is 0. The minimum Gasteiger partial charge on any atom is -0.481 e. The smallest absolute Gasteiger partial charge is 0.304 e. The number of nitrogens with zero attached hydrogens (tertiary/aromatic N) is 8. The minimum atomic E-state index is -0.851. The van der Waals surface area contributed by atoms with Crippen LogP contribution in [-0.4, -0.2) is 129 Å². The predicted octanol–water partition coefficient (Wildman–Crippen LogP) is 5.22. The van der Waals surface area contributed by atoms with Gasteiger partial charge in [0.1, 0.15) is 0 Å². The standard InChI is InChI=1S/C20H35N5O4.C20H34N4O4/c1-24(2)19(27)14-25(3)13-17-21-20(29-23-17)16(12-18(26)22-28)11-7-10-15-8-5-4-6-9-15;1-23(2)18(25)14-24(3)13-17-21-20(28-22-17)16(12-19(26)27)11-7-10-15-8-5-4-6-9-15/h15-16,28H,4-14H2,1-3H3,(H,22,26);15-16H,4-14H2,1-3H3,(H,26,27)/t2*16-/m11/s1. The third-order valence-corrected chi connectivity index (χ3v) is 11.1. The lowest BCUT2D eigenvalue weighted by Gasteiger charge is -2.22. The highest BCUT2D eigenvalue weighted by atomic mass is 16.5. The number of aromatic nitrogens is 4. The Morgan fingerprint density at radius 3 is 1.44 bits per heavy atom. The molecule has 322 valence electrons. The Morgan fingerprint density at radius 2 is 1.07 bits per heavy atom. The number of hydroxylamine groups is 1. The number of nitrogens with one attached hydrogen (secondary N) is 1. The number of hydrogen-bond acceptors (Lipinski definition) is 13. The summed E-state index contributed by atoms with van der Waals surface area (Å²) < 4.78 is 10.8. The first-order chi connectivity index (χ1) is 27.2. The average Bonchev–Trinajstić information content (AvgIpc) is 3.84. The van der Waals surface area contributed by atoms with Crippen LogP contribution in [0.15, 0.2) is 9.05 Å². The van der Waals surface area contributed by atoms with E-state index in [4.69, 9.17) is 14.3 Å². The summed E-state index contributed by atoms with van der Waals surface area (Å²) in [6.45, 7) is 1.28. The lowest BCUT2D eigenvalue weighted by molar-refractivity contribution is -0.137. The van der Waals surface area contributed by atoms with Crippen LogP contribution in [0.1, 0.15) is 151 Å². The molecule has 2 atom stereocenters. The zero-order valence-corrected chi connectivity index (χ0v) is 35.3. The van der Waals surface area contributed by atoms with Crippen LogP contribution in [0, 0.1) is 11.8 Å². The van der Waals surface area contributed by atoms with Crippen molar-refractivity contribution in [1.29, 1.82) is 0 Å². The lowest BCUT2D eigenvalue weighted by atomic mass is 9.84. The monoisotopic (exact) mass is 804 g/mol. The van der Waals surface area contributed by atoms with E-state index >= 15 is 0 Å². The number of carboxylic acids is 1. The van der Waals surface area contributed by atoms with Gasteiger partial charge in [0.25, 0.3) is 0 Å². The summed E-state index contributed by atoms with van der Waals surface area (Å²) in [6.07, 6.45) is 19.0. The van der Waals surface area contributed by atoms with Gasteiger partial charge in [-0.3, -0.25) is 34.2 Å². The summed E-state index contributed by atoms with van der Waals surface area (Å²) in [6, 6.07) is 0. The van der Waals surface area contributed by atoms with Gasteiger partial charge in [-0.05, 0) is 38.8 Å². The lowest BCUT2D eigenvalue weighted by Crippen LogP contribution is -2.34. The van der Waals surface area contributed by atoms with Crippen LogP contribution in [0.4, 0.5) is 0 Å². The van der Waals surface area contributed by atoms with Gasteiger partial charge in [0.2, 0.25) is 29.5 Å². The maximum atomic E-state index is 11.8. The summed E-state index contributed by atoms with van der Waals surface area (Å²) in [4.78, 5) is 62.2. The summed E-state index contributed by atoms with van der Waals surface area (Å²) in [5.41, 5.74) is 1.70. The van der Waals surface area contributed by atoms with Crippen molar-refractivity contribution in [1.82, 2.24) is 45.4 Å². The van der Waals surface area contributed by atoms with E-state index in [2.05, 4.69) is 20.3 Å². The fourth-order valence-electron chi connectivity index (χ4n) is 7.70. The number of carbonyl (C=O) groups is 4. The molecule has 2 aliphatic rings. The molecule has 2 aliphatic carbocycles. The molecule has 17 heteroatoms. The SMILES string of the molecule is CN(CC(=O)N(C)C)Cc1noc([C@H](CCCC2CCCCC2)CC(=O)NO)n1.CN(CC(=O)N(C)C)Cc1noc([C@H](CCCC2CCCCC2)CC(=O)O)n1. The fourth-order valence-corrected chi connectivity index (χ4v) is 7.70. The largest absolute Gasteiger partial charge is 0.481 e. The van der Waals surface area contributed by atoms with Crippen molar-refractivity contribution in [2.24, 2.45) is 11.8 Å². The third-order valence-electron chi connectivity index (χ3n) is 11.1. The number of carbonyl (C=O) groups excluding carboxylic acids is 3. The molecule has 2 fully saturated rings. The van der Waals surface area contributed by atoms with Crippen molar-refractivity contribution in [2.45, 2.75) is 141 Å². The maximum absolute atomic E-state index is 11.8. The fraction of sp³-hybridized carbons (Fsp3) is 0.800. The van der Waals surface area contributed by atoms with Gasteiger partial charge in [0, 0.05) is 46.4 Å². The van der Waals surface area contributed by atoms with E-state index in [9.17, 15) is 24.3 Å². The molecule has 0 aliphatic heterocycles. The van der Waals surface area contributed by atoms with E-state index in [-0.39, 0.29) is 49.6 Å². The molecule has 2 heterocycles. The molecular formula is C40H69N9O8. The number of amides is 3. The van der Waals surface area contributed by atoms with Crippen LogP contribution in [0.25, 0.3) is 0 Å². The van der Waals surface area contributed by atoms with Crippen molar-refractivity contribution in [2.75, 3.05) is 55.4 Å². The van der Waals surface area contributed by atoms with E-state index in [1.807, 2.05) is 23.9 Å². The first-order valence-electron chi connectivity index (χ1n) is 20.8. The van der Waals surface area contributed by atoms with Crippen molar-refractivity contribution in [3.63, 3.8) is 0 Å². The zero-order valence-electron chi connectivity index (χ0n) is 35.3. The van der Waals surface area contributed by atoms with E-state index < -0.39 is 11.9 Å². The molecule has 0 saturated heterocycles. The molecule has 17 nitrogen and oxygen atoms in total. The molecule has 0 unspecified atom stereocenters. The van der Waals surface area contributed by atoms with Crippen LogP contribution >= 0.6 is 0 Å². The third kappa shape index (κ3) is 18.5. The van der Waals surface area contributed by atoms with Gasteiger partial charge in [-0.2, -0.15) is 9.97 Å². The average molecular weight is 804 g/mol. The number of carboxylic acid groups (broad SMARTS) is 1. The number of hydrogen-bond donors (Lipinski definition) is 3. The Morgan fingerprint density at radius 1 is 0.667 bits per heavy atom. The van der Waals surface area contributed by atoms with Gasteiger partial charge < -0.3 is 24.0 Å². The molecule has 4 rings (SSSR count). The summed E-state index contributed by atoms with van der Waals surface area (Å²) in [5, 5.41) is 26.2. The number of likely N-dealkylation sites (N-methyl/N-ethyl adjacent to an activating group) is 4. The molecule has 57 heavy (non-hydrogen) atoms. The summed E-state index contributed by atoms with van der Waals surface area (Å²) in [5.74, 6) is 1.54. The molecule has 2 aromatic rings. The predicted molar refractivity (Wildman–Crippen MR) is 212 cm³/mol. The molecule has 3 amide bonds. The van der Waals surface area contributed by atoms with Gasteiger partial charge in [-0.25, -0.2) is 5.48 Å². The van der Waals surface area contributed by atoms with Gasteiger partial charge in [-0.1, -0.05) is 100 Å². The van der Waals surface area contributed by atoms with Crippen molar-refractivity contribution < 1.29 is 38.5 Å². The second-order valence-electron chi connectivity index (χ2n) is 16.6. The highest BCUT2D eigenvalue weighted by molar-refractivity contribution is 5.78. The van der Waals surface area contributed by atoms with Gasteiger partial charge in [-0.15, -0.1) is 0 Å². The van der Waals surface area contributed by atoms with E-state index in [1.165, 1.54) is 74.0 Å². The number of rotatable bonds is 22. The molecule has 0 radical (unpaired) electrons. The van der Waals surface area contributed by atoms with Crippen LogP contribution in [0.2, 0.25) is 0 Å². The van der Waals surface area contributed by atoms with Crippen molar-refractivity contribution in [3.8, 4) is 0 Å². The summed E-state index contributed by atoms with van der Waals surface area (Å²) in [7, 11) is 10.5. The van der Waals surface area contributed by atoms with Crippen LogP contribution in [0.5, 0.6) is 0 Å². The Kier molecular flexibility index (Phi) is 21.1. The molecule has 0 bridgehead atoms. The van der Waals surface area contributed by atoms with E-state index in [0.717, 1.165) is 50.4 Å². The quantitative estimate of drug-likeness (QED) is 0.103. The molecule has 2 aromatic heterocycles. The van der Waals surface area contributed by atoms with Crippen LogP contribution in [-0.2, 0) is 32.3 Å². The minimum absolute atomic E-state index is 0.00124. The van der Waals surface area contributed by atoms with Crippen LogP contribution in [0.3, 0.4) is 0 Å². The van der Waals surface area contributed by atoms with Gasteiger partial charge >= 0.3 is 5.97 Å². The highest BCUT2D eigenvalue weighted by Crippen LogP contribution is 2.32. The van der Waals surface area contributed by atoms with E-state index in [0.29, 0.717) is 36.5 Å². The van der Waals surface area contributed by atoms with Crippen LogP contribution < -0.4 is 5.48 Å². The normalized spacial score (nSPS) is 16.2. The Hall–Kier alpha value is -3.96. The Balaban J connectivity index is 0.000000306. The second kappa shape index (κ2) is 25.4. The van der Waals surface area contributed by atoms with E-state index in [1.54, 1.807) is 33.7 Å². The van der Waals surface area contributed by atoms with Gasteiger partial charge in [0.15, 0.2) is 11.6 Å². The highest BCUT2D eigenvalue weighted by Gasteiger charge is 2.25. The van der Waals surface area contributed by atoms with Gasteiger partial charge in [0.05, 0.1) is 32.6 Å². The first kappa shape index (κ1) is 47.4. The topological polar surface area (TPSA) is 212 Å². The maximum Gasteiger partial charge on any atom is 0.304 e. The Labute approximate surface area is 338 Å². The Bertz CT molecular complexity index is 1490. The molecule has 3 N–H and O–H groups in total. The molecular weight excluding hydrogens is 734 g/mol. The van der Waals surface area contributed by atoms with Crippen molar-refractivity contribution in [3.05, 3.63) is 23.4 Å². The zero-order chi connectivity index (χ0) is 41.7. The number of aliphatic carboxylic acids is 1.